The minimum atomic E-state index is -3.91. The minimum absolute atomic E-state index is 0.218. The zero-order valence-corrected chi connectivity index (χ0v) is 10.0. The Balaban J connectivity index is 2.37. The largest absolute Gasteiger partial charge is 0.489 e. The van der Waals surface area contributed by atoms with E-state index < -0.39 is 10.1 Å². The third-order valence-electron chi connectivity index (χ3n) is 2.01. The van der Waals surface area contributed by atoms with Crippen LogP contribution in [0.5, 0.6) is 5.75 Å². The Bertz CT molecular complexity index is 509. The molecule has 0 radical (unpaired) electrons. The molecule has 5 nitrogen and oxygen atoms in total. The number of hydrogen-bond donors (Lipinski definition) is 1. The van der Waals surface area contributed by atoms with Crippen LogP contribution in [-0.2, 0) is 10.1 Å². The Morgan fingerprint density at radius 1 is 1.12 bits per heavy atom. The van der Waals surface area contributed by atoms with Crippen LogP contribution < -0.4 is 10.2 Å². The fourth-order valence-electron chi connectivity index (χ4n) is 1.20. The van der Waals surface area contributed by atoms with Crippen molar-refractivity contribution in [3.8, 4) is 5.75 Å². The Hall–Kier alpha value is -1.40. The van der Waals surface area contributed by atoms with Gasteiger partial charge in [0, 0.05) is 0 Å². The maximum absolute atomic E-state index is 11.4. The van der Waals surface area contributed by atoms with Crippen LogP contribution in [0, 0.1) is 0 Å². The predicted octanol–water partition coefficient (Wildman–Crippen LogP) is 1.09. The highest BCUT2D eigenvalue weighted by Gasteiger charge is 2.03. The first-order chi connectivity index (χ1) is 7.99. The zero-order valence-electron chi connectivity index (χ0n) is 9.20. The Labute approximate surface area is 99.8 Å². The molecule has 1 aromatic rings. The Morgan fingerprint density at radius 2 is 1.82 bits per heavy atom. The van der Waals surface area contributed by atoms with E-state index in [1.165, 1.54) is 6.07 Å². The summed E-state index contributed by atoms with van der Waals surface area (Å²) in [5.41, 5.74) is -0.218. The van der Waals surface area contributed by atoms with E-state index in [9.17, 15) is 13.2 Å². The number of unbranched alkanes of at least 4 members (excludes halogenated alkanes) is 1. The highest BCUT2D eigenvalue weighted by atomic mass is 32.2. The molecular formula is C11H14O5S. The molecule has 17 heavy (non-hydrogen) atoms. The van der Waals surface area contributed by atoms with Gasteiger partial charge < -0.3 is 4.74 Å². The molecule has 0 aromatic heterocycles. The van der Waals surface area contributed by atoms with Gasteiger partial charge in [-0.15, -0.1) is 0 Å². The molecule has 94 valence electrons. The summed E-state index contributed by atoms with van der Waals surface area (Å²) in [4.78, 5) is 11.4. The summed E-state index contributed by atoms with van der Waals surface area (Å²) >= 11 is 0. The van der Waals surface area contributed by atoms with Crippen molar-refractivity contribution in [1.29, 1.82) is 0 Å². The van der Waals surface area contributed by atoms with Crippen molar-refractivity contribution < 1.29 is 17.7 Å². The van der Waals surface area contributed by atoms with Crippen molar-refractivity contribution in [2.45, 2.75) is 12.8 Å². The van der Waals surface area contributed by atoms with Gasteiger partial charge >= 0.3 is 0 Å². The fourth-order valence-corrected chi connectivity index (χ4v) is 1.77. The van der Waals surface area contributed by atoms with Crippen LogP contribution in [0.15, 0.2) is 35.1 Å². The van der Waals surface area contributed by atoms with Gasteiger partial charge in [-0.25, -0.2) is 0 Å². The Morgan fingerprint density at radius 3 is 2.53 bits per heavy atom. The van der Waals surface area contributed by atoms with Crippen molar-refractivity contribution in [3.63, 3.8) is 0 Å². The first kappa shape index (κ1) is 13.7. The van der Waals surface area contributed by atoms with E-state index in [-0.39, 0.29) is 23.5 Å². The van der Waals surface area contributed by atoms with Crippen LogP contribution >= 0.6 is 0 Å². The fraction of sp³-hybridized carbons (Fsp3) is 0.364. The van der Waals surface area contributed by atoms with Gasteiger partial charge in [-0.1, -0.05) is 18.2 Å². The number of rotatable bonds is 6. The Kier molecular flexibility index (Phi) is 5.11. The predicted molar refractivity (Wildman–Crippen MR) is 63.9 cm³/mol. The molecule has 1 rings (SSSR count). The summed E-state index contributed by atoms with van der Waals surface area (Å²) < 4.78 is 34.6. The first-order valence-corrected chi connectivity index (χ1v) is 6.77. The van der Waals surface area contributed by atoms with E-state index in [0.717, 1.165) is 0 Å². The summed E-state index contributed by atoms with van der Waals surface area (Å²) in [5.74, 6) is -0.0507. The van der Waals surface area contributed by atoms with Crippen molar-refractivity contribution >= 4 is 10.1 Å². The molecule has 0 spiro atoms. The van der Waals surface area contributed by atoms with E-state index in [1.807, 2.05) is 0 Å². The second-order valence-corrected chi connectivity index (χ2v) is 5.05. The lowest BCUT2D eigenvalue weighted by atomic mass is 10.3. The molecule has 0 fully saturated rings. The zero-order chi connectivity index (χ0) is 12.7. The summed E-state index contributed by atoms with van der Waals surface area (Å²) in [6, 6.07) is 7.98. The van der Waals surface area contributed by atoms with Crippen molar-refractivity contribution in [1.82, 2.24) is 0 Å². The third-order valence-corrected chi connectivity index (χ3v) is 2.82. The maximum Gasteiger partial charge on any atom is 0.264 e. The molecular weight excluding hydrogens is 244 g/mol. The molecule has 0 unspecified atom stereocenters. The van der Waals surface area contributed by atoms with Crippen LogP contribution in [0.3, 0.4) is 0 Å². The lowest BCUT2D eigenvalue weighted by Crippen LogP contribution is -2.08. The summed E-state index contributed by atoms with van der Waals surface area (Å²) in [6.07, 6.45) is 0.754. The molecule has 0 aliphatic heterocycles. The lowest BCUT2D eigenvalue weighted by molar-refractivity contribution is 0.306. The molecule has 0 aliphatic carbocycles. The van der Waals surface area contributed by atoms with Crippen LogP contribution in [0.1, 0.15) is 12.8 Å². The minimum Gasteiger partial charge on any atom is -0.489 e. The standard InChI is InChI=1S/C11H14O5S/c12-10-6-2-1-3-7-11(10)16-8-4-5-9-17(13,14)15/h1-3,6-7H,4-5,8-9H2,(H,13,14,15). The monoisotopic (exact) mass is 258 g/mol. The first-order valence-electron chi connectivity index (χ1n) is 5.16. The van der Waals surface area contributed by atoms with Crippen molar-refractivity contribution in [3.05, 3.63) is 40.6 Å². The molecule has 0 heterocycles. The average Bonchev–Trinajstić information content (AvgIpc) is 2.42. The average molecular weight is 258 g/mol. The molecule has 1 aromatic carbocycles. The van der Waals surface area contributed by atoms with Crippen LogP contribution in [0.4, 0.5) is 0 Å². The summed E-state index contributed by atoms with van der Waals surface area (Å²) in [7, 11) is -3.91. The lowest BCUT2D eigenvalue weighted by Gasteiger charge is -2.02. The topological polar surface area (TPSA) is 80.7 Å². The molecule has 0 bridgehead atoms. The van der Waals surface area contributed by atoms with Gasteiger partial charge in [0.25, 0.3) is 10.1 Å². The number of hydrogen-bond acceptors (Lipinski definition) is 4. The van der Waals surface area contributed by atoms with Gasteiger partial charge in [-0.2, -0.15) is 8.42 Å². The van der Waals surface area contributed by atoms with Gasteiger partial charge in [0.1, 0.15) is 0 Å². The quantitative estimate of drug-likeness (QED) is 0.610. The van der Waals surface area contributed by atoms with Crippen LogP contribution in [-0.4, -0.2) is 25.3 Å². The van der Waals surface area contributed by atoms with E-state index >= 15 is 0 Å². The van der Waals surface area contributed by atoms with Crippen molar-refractivity contribution in [2.24, 2.45) is 0 Å². The highest BCUT2D eigenvalue weighted by Crippen LogP contribution is 2.02. The van der Waals surface area contributed by atoms with E-state index in [0.29, 0.717) is 12.8 Å². The maximum atomic E-state index is 11.4. The van der Waals surface area contributed by atoms with E-state index in [4.69, 9.17) is 9.29 Å². The van der Waals surface area contributed by atoms with Crippen molar-refractivity contribution in [2.75, 3.05) is 12.4 Å². The molecule has 0 amide bonds. The molecule has 0 saturated carbocycles. The normalized spacial score (nSPS) is 11.1. The molecule has 0 saturated heterocycles. The smallest absolute Gasteiger partial charge is 0.264 e. The highest BCUT2D eigenvalue weighted by molar-refractivity contribution is 7.85. The van der Waals surface area contributed by atoms with E-state index in [2.05, 4.69) is 0 Å². The molecule has 0 aliphatic rings. The molecule has 1 N–H and O–H groups in total. The van der Waals surface area contributed by atoms with Gasteiger partial charge in [0.05, 0.1) is 12.4 Å². The van der Waals surface area contributed by atoms with Gasteiger partial charge in [0.2, 0.25) is 5.43 Å². The third kappa shape index (κ3) is 6.03. The van der Waals surface area contributed by atoms with E-state index in [1.54, 1.807) is 24.3 Å². The van der Waals surface area contributed by atoms with Gasteiger partial charge in [-0.3, -0.25) is 9.35 Å². The second kappa shape index (κ2) is 6.36. The van der Waals surface area contributed by atoms with Crippen LogP contribution in [0.25, 0.3) is 0 Å². The summed E-state index contributed by atoms with van der Waals surface area (Å²) in [6.45, 7) is 0.245. The molecule has 6 heteroatoms. The number of ether oxygens (including phenoxy) is 1. The summed E-state index contributed by atoms with van der Waals surface area (Å²) in [5, 5.41) is 0. The van der Waals surface area contributed by atoms with Crippen LogP contribution in [0.2, 0.25) is 0 Å². The second-order valence-electron chi connectivity index (χ2n) is 3.48. The molecule has 0 atom stereocenters. The van der Waals surface area contributed by atoms with Gasteiger partial charge in [-0.05, 0) is 25.0 Å². The van der Waals surface area contributed by atoms with Gasteiger partial charge in [0.15, 0.2) is 5.75 Å². The SMILES string of the molecule is O=c1cccccc1OCCCCS(=O)(=O)O.